The summed E-state index contributed by atoms with van der Waals surface area (Å²) < 4.78 is 33.0. The van der Waals surface area contributed by atoms with Crippen LogP contribution in [0.5, 0.6) is 0 Å². The summed E-state index contributed by atoms with van der Waals surface area (Å²) in [6.07, 6.45) is 1.91. The number of rotatable bonds is 7. The molecule has 0 aliphatic heterocycles. The van der Waals surface area contributed by atoms with Crippen LogP contribution in [0.2, 0.25) is 0 Å². The molecule has 0 saturated carbocycles. The molecule has 0 spiro atoms. The highest BCUT2D eigenvalue weighted by molar-refractivity contribution is 7.73. The fraction of sp³-hybridized carbons (Fsp3) is 0.750. The van der Waals surface area contributed by atoms with Gasteiger partial charge in [-0.2, -0.15) is 0 Å². The zero-order valence-electron chi connectivity index (χ0n) is 9.94. The Labute approximate surface area is 100 Å². The second kappa shape index (κ2) is 6.25. The van der Waals surface area contributed by atoms with E-state index in [0.29, 0.717) is 0 Å². The van der Waals surface area contributed by atoms with E-state index in [1.807, 2.05) is 0 Å². The van der Waals surface area contributed by atoms with Gasteiger partial charge in [-0.05, 0) is 26.8 Å². The molecule has 0 saturated heterocycles. The van der Waals surface area contributed by atoms with Gasteiger partial charge in [0.2, 0.25) is 0 Å². The molecule has 0 bridgehead atoms. The monoisotopic (exact) mass is 288 g/mol. The number of hydrogen-bond acceptors (Lipinski definition) is 5. The van der Waals surface area contributed by atoms with Crippen molar-refractivity contribution in [3.8, 4) is 0 Å². The Morgan fingerprint density at radius 1 is 1.18 bits per heavy atom. The lowest BCUT2D eigenvalue weighted by Crippen LogP contribution is -2.28. The highest BCUT2D eigenvalue weighted by atomic mass is 31.2. The van der Waals surface area contributed by atoms with E-state index in [0.717, 1.165) is 6.08 Å². The maximum atomic E-state index is 12.2. The molecule has 0 heterocycles. The average molecular weight is 288 g/mol. The Bertz CT molecular complexity index is 351. The SMILES string of the molecule is CC=CC(O)(P(=O)(O)O)P(=O)(OCC)OCC. The zero-order valence-corrected chi connectivity index (χ0v) is 11.7. The Morgan fingerprint density at radius 3 is 1.82 bits per heavy atom. The number of hydrogen-bond donors (Lipinski definition) is 3. The van der Waals surface area contributed by atoms with Crippen LogP contribution in [0.15, 0.2) is 12.2 Å². The Morgan fingerprint density at radius 2 is 1.59 bits per heavy atom. The molecule has 0 radical (unpaired) electrons. The van der Waals surface area contributed by atoms with E-state index in [4.69, 9.17) is 18.8 Å². The molecule has 0 amide bonds. The molecule has 0 aliphatic rings. The van der Waals surface area contributed by atoms with Crippen molar-refractivity contribution >= 4 is 15.2 Å². The highest BCUT2D eigenvalue weighted by Gasteiger charge is 2.60. The lowest BCUT2D eigenvalue weighted by atomic mass is 10.5. The minimum absolute atomic E-state index is 0.114. The Hall–Kier alpha value is -0.0000000000000000416. The molecule has 102 valence electrons. The summed E-state index contributed by atoms with van der Waals surface area (Å²) in [4.78, 5) is 18.3. The van der Waals surface area contributed by atoms with Crippen LogP contribution in [-0.2, 0) is 18.2 Å². The first-order valence-corrected chi connectivity index (χ1v) is 8.15. The summed E-state index contributed by atoms with van der Waals surface area (Å²) in [5.74, 6) is 0. The molecule has 0 aromatic carbocycles. The minimum Gasteiger partial charge on any atom is -0.364 e. The number of aliphatic hydroxyl groups is 1. The van der Waals surface area contributed by atoms with Crippen molar-refractivity contribution in [2.45, 2.75) is 25.9 Å². The average Bonchev–Trinajstić information content (AvgIpc) is 2.16. The van der Waals surface area contributed by atoms with E-state index >= 15 is 0 Å². The van der Waals surface area contributed by atoms with E-state index < -0.39 is 20.3 Å². The molecule has 0 aliphatic carbocycles. The van der Waals surface area contributed by atoms with Crippen molar-refractivity contribution < 1.29 is 33.1 Å². The largest absolute Gasteiger partial charge is 0.378 e. The topological polar surface area (TPSA) is 113 Å². The van der Waals surface area contributed by atoms with Crippen molar-refractivity contribution in [1.29, 1.82) is 0 Å². The van der Waals surface area contributed by atoms with Gasteiger partial charge in [0.25, 0.3) is 5.08 Å². The molecule has 9 heteroatoms. The lowest BCUT2D eigenvalue weighted by molar-refractivity contribution is 0.130. The van der Waals surface area contributed by atoms with Crippen LogP contribution >= 0.6 is 15.2 Å². The van der Waals surface area contributed by atoms with Gasteiger partial charge >= 0.3 is 15.2 Å². The summed E-state index contributed by atoms with van der Waals surface area (Å²) in [5.41, 5.74) is 0. The van der Waals surface area contributed by atoms with Crippen molar-refractivity contribution in [3.05, 3.63) is 12.2 Å². The van der Waals surface area contributed by atoms with Gasteiger partial charge in [0, 0.05) is 0 Å². The summed E-state index contributed by atoms with van der Waals surface area (Å²) in [6, 6.07) is 0. The van der Waals surface area contributed by atoms with Crippen LogP contribution in [0.25, 0.3) is 0 Å². The fourth-order valence-electron chi connectivity index (χ4n) is 1.14. The zero-order chi connectivity index (χ0) is 13.7. The van der Waals surface area contributed by atoms with Crippen LogP contribution in [-0.4, -0.2) is 33.2 Å². The molecule has 0 rings (SSSR count). The van der Waals surface area contributed by atoms with Crippen LogP contribution in [0.1, 0.15) is 20.8 Å². The molecule has 0 aromatic rings. The van der Waals surface area contributed by atoms with Gasteiger partial charge in [0.15, 0.2) is 0 Å². The summed E-state index contributed by atoms with van der Waals surface area (Å²) in [7, 11) is -9.50. The van der Waals surface area contributed by atoms with Gasteiger partial charge in [-0.1, -0.05) is 6.08 Å². The molecule has 7 nitrogen and oxygen atoms in total. The van der Waals surface area contributed by atoms with Crippen molar-refractivity contribution in [2.75, 3.05) is 13.2 Å². The fourth-order valence-corrected chi connectivity index (χ4v) is 4.57. The van der Waals surface area contributed by atoms with E-state index in [1.165, 1.54) is 26.8 Å². The van der Waals surface area contributed by atoms with Crippen LogP contribution in [0.3, 0.4) is 0 Å². The highest BCUT2D eigenvalue weighted by Crippen LogP contribution is 2.73. The first-order chi connectivity index (χ1) is 7.68. The maximum Gasteiger partial charge on any atom is 0.378 e. The van der Waals surface area contributed by atoms with Crippen molar-refractivity contribution in [2.24, 2.45) is 0 Å². The predicted octanol–water partition coefficient (Wildman–Crippen LogP) is 1.65. The summed E-state index contributed by atoms with van der Waals surface area (Å²) in [6.45, 7) is 4.14. The van der Waals surface area contributed by atoms with Gasteiger partial charge in [-0.15, -0.1) is 0 Å². The molecular formula is C8H18O7P2. The summed E-state index contributed by atoms with van der Waals surface area (Å²) >= 11 is 0. The van der Waals surface area contributed by atoms with E-state index in [1.54, 1.807) is 0 Å². The van der Waals surface area contributed by atoms with Crippen molar-refractivity contribution in [3.63, 3.8) is 0 Å². The van der Waals surface area contributed by atoms with Crippen molar-refractivity contribution in [1.82, 2.24) is 0 Å². The molecule has 17 heavy (non-hydrogen) atoms. The smallest absolute Gasteiger partial charge is 0.364 e. The number of allylic oxidation sites excluding steroid dienone is 1. The Kier molecular flexibility index (Phi) is 6.25. The predicted molar refractivity (Wildman–Crippen MR) is 62.7 cm³/mol. The molecule has 0 aromatic heterocycles. The third-order valence-electron chi connectivity index (χ3n) is 1.82. The van der Waals surface area contributed by atoms with Gasteiger partial charge in [0.1, 0.15) is 0 Å². The molecule has 0 fully saturated rings. The first-order valence-electron chi connectivity index (χ1n) is 4.99. The van der Waals surface area contributed by atoms with Gasteiger partial charge in [-0.3, -0.25) is 9.13 Å². The van der Waals surface area contributed by atoms with Gasteiger partial charge < -0.3 is 23.9 Å². The van der Waals surface area contributed by atoms with E-state index in [2.05, 4.69) is 0 Å². The molecule has 3 N–H and O–H groups in total. The second-order valence-corrected chi connectivity index (χ2v) is 7.38. The second-order valence-electron chi connectivity index (χ2n) is 3.06. The van der Waals surface area contributed by atoms with E-state index in [9.17, 15) is 14.2 Å². The Balaban J connectivity index is 5.71. The standard InChI is InChI=1S/C8H18O7P2/c1-4-7-8(9,16(10,11)12)17(13,14-5-2)15-6-3/h4,7,9H,5-6H2,1-3H3,(H2,10,11,12). The van der Waals surface area contributed by atoms with Gasteiger partial charge in [-0.25, -0.2) is 0 Å². The third-order valence-corrected chi connectivity index (χ3v) is 6.49. The van der Waals surface area contributed by atoms with E-state index in [-0.39, 0.29) is 13.2 Å². The van der Waals surface area contributed by atoms with Gasteiger partial charge in [0.05, 0.1) is 13.2 Å². The normalized spacial score (nSPS) is 17.3. The van der Waals surface area contributed by atoms with Crippen LogP contribution < -0.4 is 0 Å². The lowest BCUT2D eigenvalue weighted by Gasteiger charge is -2.31. The third kappa shape index (κ3) is 3.48. The summed E-state index contributed by atoms with van der Waals surface area (Å²) in [5, 5.41) is 7.01. The molecular weight excluding hydrogens is 270 g/mol. The first kappa shape index (κ1) is 17.0. The van der Waals surface area contributed by atoms with Crippen LogP contribution in [0.4, 0.5) is 0 Å². The van der Waals surface area contributed by atoms with Crippen LogP contribution in [0, 0.1) is 0 Å². The maximum absolute atomic E-state index is 12.2. The quantitative estimate of drug-likeness (QED) is 0.482. The minimum atomic E-state index is -5.13. The molecule has 1 atom stereocenters. The molecule has 1 unspecified atom stereocenters.